The van der Waals surface area contributed by atoms with E-state index in [0.717, 1.165) is 29.8 Å². The normalized spacial score (nSPS) is 11.0. The third-order valence-electron chi connectivity index (χ3n) is 4.60. The molecule has 0 saturated heterocycles. The van der Waals surface area contributed by atoms with Crippen LogP contribution in [0.4, 0.5) is 0 Å². The number of ether oxygens (including phenoxy) is 2. The summed E-state index contributed by atoms with van der Waals surface area (Å²) >= 11 is 18.3. The Bertz CT molecular complexity index is 1160. The molecule has 3 aromatic carbocycles. The number of hydrogen-bond acceptors (Lipinski definition) is 3. The summed E-state index contributed by atoms with van der Waals surface area (Å²) in [6, 6.07) is 20.7. The van der Waals surface area contributed by atoms with Gasteiger partial charge in [0.1, 0.15) is 23.9 Å². The maximum absolute atomic E-state index is 6.22. The lowest BCUT2D eigenvalue weighted by Crippen LogP contribution is -2.10. The van der Waals surface area contributed by atoms with Crippen molar-refractivity contribution in [2.24, 2.45) is 0 Å². The van der Waals surface area contributed by atoms with Crippen LogP contribution in [-0.4, -0.2) is 16.2 Å². The summed E-state index contributed by atoms with van der Waals surface area (Å²) in [6.07, 6.45) is 0.792. The molecular weight excluding hydrogens is 443 g/mol. The van der Waals surface area contributed by atoms with Gasteiger partial charge in [-0.3, -0.25) is 0 Å². The van der Waals surface area contributed by atoms with Crippen molar-refractivity contribution >= 4 is 45.8 Å². The highest BCUT2D eigenvalue weighted by Crippen LogP contribution is 2.29. The van der Waals surface area contributed by atoms with E-state index in [1.165, 1.54) is 0 Å². The number of aromatic nitrogens is 2. The second kappa shape index (κ2) is 9.61. The van der Waals surface area contributed by atoms with Crippen LogP contribution in [0, 0.1) is 0 Å². The van der Waals surface area contributed by atoms with Gasteiger partial charge >= 0.3 is 0 Å². The molecule has 0 N–H and O–H groups in total. The van der Waals surface area contributed by atoms with Gasteiger partial charge in [0.2, 0.25) is 0 Å². The van der Waals surface area contributed by atoms with E-state index in [2.05, 4.69) is 10.6 Å². The Morgan fingerprint density at radius 1 is 0.800 bits per heavy atom. The van der Waals surface area contributed by atoms with E-state index < -0.39 is 0 Å². The highest BCUT2D eigenvalue weighted by Gasteiger charge is 2.12. The monoisotopic (exact) mass is 460 g/mol. The van der Waals surface area contributed by atoms with Crippen molar-refractivity contribution < 1.29 is 9.47 Å². The minimum Gasteiger partial charge on any atom is -0.492 e. The first kappa shape index (κ1) is 20.9. The zero-order chi connectivity index (χ0) is 20.9. The van der Waals surface area contributed by atoms with Crippen LogP contribution >= 0.6 is 34.8 Å². The Hall–Kier alpha value is -2.40. The molecule has 0 atom stereocenters. The lowest BCUT2D eigenvalue weighted by atomic mass is 10.3. The molecule has 0 unspecified atom stereocenters. The fourth-order valence-electron chi connectivity index (χ4n) is 3.19. The Balaban J connectivity index is 1.46. The molecule has 0 spiro atoms. The van der Waals surface area contributed by atoms with Gasteiger partial charge in [0.05, 0.1) is 27.7 Å². The maximum atomic E-state index is 6.22. The highest BCUT2D eigenvalue weighted by molar-refractivity contribution is 6.35. The Morgan fingerprint density at radius 2 is 1.57 bits per heavy atom. The summed E-state index contributed by atoms with van der Waals surface area (Å²) in [5.41, 5.74) is 1.97. The molecule has 4 nitrogen and oxygen atoms in total. The van der Waals surface area contributed by atoms with Crippen LogP contribution in [0.5, 0.6) is 11.5 Å². The number of halogens is 3. The Morgan fingerprint density at radius 3 is 2.40 bits per heavy atom. The van der Waals surface area contributed by atoms with Crippen molar-refractivity contribution in [2.45, 2.75) is 19.6 Å². The smallest absolute Gasteiger partial charge is 0.148 e. The second-order valence-electron chi connectivity index (χ2n) is 6.66. The van der Waals surface area contributed by atoms with E-state index >= 15 is 0 Å². The van der Waals surface area contributed by atoms with E-state index in [1.807, 2.05) is 42.5 Å². The largest absolute Gasteiger partial charge is 0.492 e. The third kappa shape index (κ3) is 4.84. The van der Waals surface area contributed by atoms with E-state index in [0.29, 0.717) is 39.8 Å². The van der Waals surface area contributed by atoms with Gasteiger partial charge in [-0.1, -0.05) is 59.1 Å². The summed E-state index contributed by atoms with van der Waals surface area (Å²) in [5.74, 6) is 2.08. The highest BCUT2D eigenvalue weighted by atomic mass is 35.5. The standard InChI is InChI=1S/C23H19Cl3N2O2/c24-16-10-11-22(18(26)14-16)30-15-23-27-19-7-2-3-8-20(19)28(23)12-5-13-29-21-9-4-1-6-17(21)25/h1-4,6-11,14H,5,12-13,15H2. The topological polar surface area (TPSA) is 36.3 Å². The van der Waals surface area contributed by atoms with Gasteiger partial charge in [-0.15, -0.1) is 0 Å². The van der Waals surface area contributed by atoms with Gasteiger partial charge in [-0.05, 0) is 48.9 Å². The van der Waals surface area contributed by atoms with Crippen LogP contribution in [0.15, 0.2) is 66.7 Å². The van der Waals surface area contributed by atoms with Crippen molar-refractivity contribution in [1.82, 2.24) is 9.55 Å². The number of para-hydroxylation sites is 3. The third-order valence-corrected chi connectivity index (χ3v) is 5.45. The number of benzene rings is 3. The molecule has 0 fully saturated rings. The number of hydrogen-bond donors (Lipinski definition) is 0. The lowest BCUT2D eigenvalue weighted by Gasteiger charge is -2.12. The number of aryl methyl sites for hydroxylation is 1. The summed E-state index contributed by atoms with van der Waals surface area (Å²) < 4.78 is 13.9. The van der Waals surface area contributed by atoms with Crippen molar-refractivity contribution in [2.75, 3.05) is 6.61 Å². The molecule has 1 heterocycles. The van der Waals surface area contributed by atoms with Crippen LogP contribution in [0.3, 0.4) is 0 Å². The predicted molar refractivity (Wildman–Crippen MR) is 122 cm³/mol. The van der Waals surface area contributed by atoms with E-state index in [9.17, 15) is 0 Å². The van der Waals surface area contributed by atoms with Gasteiger partial charge in [-0.25, -0.2) is 4.98 Å². The molecule has 0 aliphatic rings. The lowest BCUT2D eigenvalue weighted by molar-refractivity contribution is 0.280. The maximum Gasteiger partial charge on any atom is 0.148 e. The first-order chi connectivity index (χ1) is 14.6. The molecule has 7 heteroatoms. The molecule has 1 aromatic heterocycles. The van der Waals surface area contributed by atoms with Crippen LogP contribution in [0.25, 0.3) is 11.0 Å². The van der Waals surface area contributed by atoms with E-state index in [-0.39, 0.29) is 0 Å². The van der Waals surface area contributed by atoms with E-state index in [1.54, 1.807) is 18.2 Å². The molecule has 0 saturated carbocycles. The molecule has 0 aliphatic carbocycles. The van der Waals surface area contributed by atoms with Crippen molar-refractivity contribution in [1.29, 1.82) is 0 Å². The first-order valence-electron chi connectivity index (χ1n) is 9.51. The Kier molecular flexibility index (Phi) is 6.68. The number of nitrogens with zero attached hydrogens (tertiary/aromatic N) is 2. The molecular formula is C23H19Cl3N2O2. The number of fused-ring (bicyclic) bond motifs is 1. The average Bonchev–Trinajstić information content (AvgIpc) is 3.09. The molecule has 4 rings (SSSR count). The van der Waals surface area contributed by atoms with Gasteiger partial charge < -0.3 is 14.0 Å². The molecule has 0 radical (unpaired) electrons. The summed E-state index contributed by atoms with van der Waals surface area (Å²) in [6.45, 7) is 1.57. The number of rotatable bonds is 8. The summed E-state index contributed by atoms with van der Waals surface area (Å²) in [7, 11) is 0. The number of imidazole rings is 1. The van der Waals surface area contributed by atoms with Crippen molar-refractivity contribution in [3.63, 3.8) is 0 Å². The zero-order valence-corrected chi connectivity index (χ0v) is 18.3. The fourth-order valence-corrected chi connectivity index (χ4v) is 3.84. The predicted octanol–water partition coefficient (Wildman–Crippen LogP) is 7.04. The van der Waals surface area contributed by atoms with E-state index in [4.69, 9.17) is 49.3 Å². The summed E-state index contributed by atoms with van der Waals surface area (Å²) in [4.78, 5) is 4.73. The van der Waals surface area contributed by atoms with Gasteiger partial charge in [0, 0.05) is 11.6 Å². The Labute approximate surface area is 189 Å². The molecule has 0 bridgehead atoms. The van der Waals surface area contributed by atoms with Crippen LogP contribution in [0.1, 0.15) is 12.2 Å². The van der Waals surface area contributed by atoms with Crippen LogP contribution in [-0.2, 0) is 13.2 Å². The minimum atomic E-state index is 0.293. The molecule has 0 amide bonds. The van der Waals surface area contributed by atoms with Crippen LogP contribution in [0.2, 0.25) is 15.1 Å². The molecule has 154 valence electrons. The molecule has 4 aromatic rings. The van der Waals surface area contributed by atoms with Gasteiger partial charge in [0.25, 0.3) is 0 Å². The summed E-state index contributed by atoms with van der Waals surface area (Å²) in [5, 5.41) is 1.65. The minimum absolute atomic E-state index is 0.293. The van der Waals surface area contributed by atoms with Crippen molar-refractivity contribution in [3.05, 3.63) is 87.6 Å². The molecule has 0 aliphatic heterocycles. The second-order valence-corrected chi connectivity index (χ2v) is 7.92. The van der Waals surface area contributed by atoms with Crippen molar-refractivity contribution in [3.8, 4) is 11.5 Å². The molecule has 30 heavy (non-hydrogen) atoms. The fraction of sp³-hybridized carbons (Fsp3) is 0.174. The zero-order valence-electron chi connectivity index (χ0n) is 16.0. The average molecular weight is 462 g/mol. The SMILES string of the molecule is Clc1ccc(OCc2nc3ccccc3n2CCCOc2ccccc2Cl)c(Cl)c1. The first-order valence-corrected chi connectivity index (χ1v) is 10.6. The van der Waals surface area contributed by atoms with Gasteiger partial charge in [-0.2, -0.15) is 0 Å². The van der Waals surface area contributed by atoms with Crippen LogP contribution < -0.4 is 9.47 Å². The van der Waals surface area contributed by atoms with Gasteiger partial charge in [0.15, 0.2) is 0 Å². The quantitative estimate of drug-likeness (QED) is 0.264.